The summed E-state index contributed by atoms with van der Waals surface area (Å²) >= 11 is 0. The third-order valence-corrected chi connectivity index (χ3v) is 3.66. The van der Waals surface area contributed by atoms with E-state index in [0.717, 1.165) is 38.5 Å². The van der Waals surface area contributed by atoms with E-state index in [9.17, 15) is 14.7 Å². The Kier molecular flexibility index (Phi) is 7.19. The molecule has 128 valence electrons. The smallest absolute Gasteiger partial charge is 0.337 e. The van der Waals surface area contributed by atoms with Gasteiger partial charge in [-0.2, -0.15) is 0 Å². The van der Waals surface area contributed by atoms with E-state index < -0.39 is 17.5 Å². The lowest BCUT2D eigenvalue weighted by Crippen LogP contribution is -2.46. The summed E-state index contributed by atoms with van der Waals surface area (Å²) in [5.41, 5.74) is -0.417. The summed E-state index contributed by atoms with van der Waals surface area (Å²) in [6.07, 6.45) is 1.10. The Bertz CT molecular complexity index is 526. The molecule has 6 nitrogen and oxygen atoms in total. The third-order valence-electron chi connectivity index (χ3n) is 3.66. The quantitative estimate of drug-likeness (QED) is 0.641. The molecule has 0 fully saturated rings. The second-order valence-corrected chi connectivity index (χ2v) is 5.83. The van der Waals surface area contributed by atoms with E-state index >= 15 is 0 Å². The first-order valence-electron chi connectivity index (χ1n) is 7.85. The van der Waals surface area contributed by atoms with Gasteiger partial charge in [-0.25, -0.2) is 4.79 Å². The molecule has 1 aromatic carbocycles. The number of aliphatic hydroxyl groups is 1. The molecule has 1 aromatic rings. The van der Waals surface area contributed by atoms with Gasteiger partial charge >= 0.3 is 5.97 Å². The maximum absolute atomic E-state index is 12.0. The van der Waals surface area contributed by atoms with E-state index in [1.54, 1.807) is 12.1 Å². The third kappa shape index (κ3) is 6.00. The second kappa shape index (κ2) is 8.64. The van der Waals surface area contributed by atoms with Crippen LogP contribution in [0.25, 0.3) is 0 Å². The molecule has 0 saturated heterocycles. The van der Waals surface area contributed by atoms with Gasteiger partial charge in [0, 0.05) is 12.1 Å². The maximum Gasteiger partial charge on any atom is 0.337 e. The number of aliphatic carboxylic acids is 1. The molecule has 0 aliphatic rings. The second-order valence-electron chi connectivity index (χ2n) is 5.83. The van der Waals surface area contributed by atoms with Crippen LogP contribution in [0.4, 0.5) is 0 Å². The lowest BCUT2D eigenvalue weighted by Gasteiger charge is -2.20. The minimum atomic E-state index is -1.97. The van der Waals surface area contributed by atoms with E-state index in [2.05, 4.69) is 24.1 Å². The van der Waals surface area contributed by atoms with Gasteiger partial charge < -0.3 is 15.5 Å². The Hall–Kier alpha value is -1.92. The van der Waals surface area contributed by atoms with Gasteiger partial charge in [0.25, 0.3) is 5.91 Å². The van der Waals surface area contributed by atoms with Gasteiger partial charge in [-0.3, -0.25) is 9.69 Å². The standard InChI is InChI=1S/C17H26N2O4/c1-4-10-19(5-2)11-13-6-8-14(9-7-13)15(20)18-12-17(3,23)16(21)22/h6-9,23H,4-5,10-12H2,1-3H3,(H,18,20)(H,21,22). The molecule has 1 rings (SSSR count). The Morgan fingerprint density at radius 3 is 2.30 bits per heavy atom. The van der Waals surface area contributed by atoms with E-state index in [0.29, 0.717) is 5.56 Å². The van der Waals surface area contributed by atoms with E-state index in [1.807, 2.05) is 12.1 Å². The lowest BCUT2D eigenvalue weighted by atomic mass is 10.1. The zero-order valence-electron chi connectivity index (χ0n) is 14.0. The fraction of sp³-hybridized carbons (Fsp3) is 0.529. The van der Waals surface area contributed by atoms with Crippen LogP contribution in [-0.2, 0) is 11.3 Å². The molecule has 0 spiro atoms. The number of carbonyl (C=O) groups is 2. The topological polar surface area (TPSA) is 89.9 Å². The van der Waals surface area contributed by atoms with Crippen molar-refractivity contribution in [3.05, 3.63) is 35.4 Å². The van der Waals surface area contributed by atoms with Crippen molar-refractivity contribution in [2.45, 2.75) is 39.3 Å². The van der Waals surface area contributed by atoms with Crippen LogP contribution in [-0.4, -0.2) is 52.2 Å². The molecule has 0 heterocycles. The Labute approximate surface area is 137 Å². The monoisotopic (exact) mass is 322 g/mol. The molecule has 0 aliphatic carbocycles. The molecule has 6 heteroatoms. The van der Waals surface area contributed by atoms with Crippen LogP contribution in [0.3, 0.4) is 0 Å². The lowest BCUT2D eigenvalue weighted by molar-refractivity contribution is -0.155. The number of rotatable bonds is 9. The van der Waals surface area contributed by atoms with Crippen LogP contribution in [0.15, 0.2) is 24.3 Å². The highest BCUT2D eigenvalue weighted by Crippen LogP contribution is 2.09. The van der Waals surface area contributed by atoms with Crippen molar-refractivity contribution < 1.29 is 19.8 Å². The average Bonchev–Trinajstić information content (AvgIpc) is 2.52. The van der Waals surface area contributed by atoms with Gasteiger partial charge in [-0.15, -0.1) is 0 Å². The van der Waals surface area contributed by atoms with Crippen LogP contribution >= 0.6 is 0 Å². The largest absolute Gasteiger partial charge is 0.479 e. The van der Waals surface area contributed by atoms with Gasteiger partial charge in [-0.1, -0.05) is 26.0 Å². The van der Waals surface area contributed by atoms with Gasteiger partial charge in [0.05, 0.1) is 6.54 Å². The molecular formula is C17H26N2O4. The Morgan fingerprint density at radius 2 is 1.83 bits per heavy atom. The first-order valence-corrected chi connectivity index (χ1v) is 7.85. The minimum absolute atomic E-state index is 0.344. The zero-order chi connectivity index (χ0) is 17.5. The van der Waals surface area contributed by atoms with E-state index in [1.165, 1.54) is 0 Å². The maximum atomic E-state index is 12.0. The molecule has 0 bridgehead atoms. The normalized spacial score (nSPS) is 13.6. The molecule has 0 aliphatic heterocycles. The summed E-state index contributed by atoms with van der Waals surface area (Å²) in [5.74, 6) is -1.78. The fourth-order valence-electron chi connectivity index (χ4n) is 2.11. The van der Waals surface area contributed by atoms with Crippen molar-refractivity contribution in [1.29, 1.82) is 0 Å². The summed E-state index contributed by atoms with van der Waals surface area (Å²) in [5, 5.41) is 20.8. The molecule has 1 amide bonds. The van der Waals surface area contributed by atoms with Crippen LogP contribution in [0.2, 0.25) is 0 Å². The Balaban J connectivity index is 2.62. The zero-order valence-corrected chi connectivity index (χ0v) is 14.0. The highest BCUT2D eigenvalue weighted by molar-refractivity contribution is 5.94. The summed E-state index contributed by atoms with van der Waals surface area (Å²) in [6, 6.07) is 7.20. The highest BCUT2D eigenvalue weighted by Gasteiger charge is 2.30. The molecule has 0 radical (unpaired) electrons. The number of amides is 1. The number of nitrogens with one attached hydrogen (secondary N) is 1. The van der Waals surface area contributed by atoms with E-state index in [4.69, 9.17) is 5.11 Å². The predicted octanol–water partition coefficient (Wildman–Crippen LogP) is 1.48. The summed E-state index contributed by atoms with van der Waals surface area (Å²) in [7, 11) is 0. The average molecular weight is 322 g/mol. The molecule has 1 atom stereocenters. The van der Waals surface area contributed by atoms with Crippen LogP contribution < -0.4 is 5.32 Å². The Morgan fingerprint density at radius 1 is 1.22 bits per heavy atom. The van der Waals surface area contributed by atoms with Crippen molar-refractivity contribution in [3.63, 3.8) is 0 Å². The van der Waals surface area contributed by atoms with Crippen LogP contribution in [0.5, 0.6) is 0 Å². The SMILES string of the molecule is CCCN(CC)Cc1ccc(C(=O)NCC(C)(O)C(=O)O)cc1. The predicted molar refractivity (Wildman–Crippen MR) is 88.3 cm³/mol. The number of carbonyl (C=O) groups excluding carboxylic acids is 1. The van der Waals surface area contributed by atoms with Gasteiger partial charge in [0.1, 0.15) is 0 Å². The number of benzene rings is 1. The molecule has 0 aromatic heterocycles. The van der Waals surface area contributed by atoms with Crippen molar-refractivity contribution in [2.75, 3.05) is 19.6 Å². The summed E-state index contributed by atoms with van der Waals surface area (Å²) in [6.45, 7) is 7.89. The van der Waals surface area contributed by atoms with Crippen molar-refractivity contribution in [3.8, 4) is 0 Å². The number of hydrogen-bond donors (Lipinski definition) is 3. The number of carboxylic acids is 1. The first-order chi connectivity index (χ1) is 10.8. The molecule has 3 N–H and O–H groups in total. The van der Waals surface area contributed by atoms with Crippen LogP contribution in [0, 0.1) is 0 Å². The van der Waals surface area contributed by atoms with Crippen molar-refractivity contribution in [2.24, 2.45) is 0 Å². The molecule has 0 saturated carbocycles. The number of carboxylic acid groups (broad SMARTS) is 1. The molecule has 23 heavy (non-hydrogen) atoms. The summed E-state index contributed by atoms with van der Waals surface area (Å²) in [4.78, 5) is 25.1. The first kappa shape index (κ1) is 19.1. The number of nitrogens with zero attached hydrogens (tertiary/aromatic N) is 1. The van der Waals surface area contributed by atoms with Crippen molar-refractivity contribution in [1.82, 2.24) is 10.2 Å². The van der Waals surface area contributed by atoms with Crippen LogP contribution in [0.1, 0.15) is 43.1 Å². The van der Waals surface area contributed by atoms with Gasteiger partial charge in [0.2, 0.25) is 0 Å². The van der Waals surface area contributed by atoms with Gasteiger partial charge in [-0.05, 0) is 44.1 Å². The summed E-state index contributed by atoms with van der Waals surface area (Å²) < 4.78 is 0. The van der Waals surface area contributed by atoms with Crippen molar-refractivity contribution >= 4 is 11.9 Å². The number of hydrogen-bond acceptors (Lipinski definition) is 4. The van der Waals surface area contributed by atoms with Gasteiger partial charge in [0.15, 0.2) is 5.60 Å². The molecule has 1 unspecified atom stereocenters. The molecular weight excluding hydrogens is 296 g/mol. The fourth-order valence-corrected chi connectivity index (χ4v) is 2.11. The minimum Gasteiger partial charge on any atom is -0.479 e. The highest BCUT2D eigenvalue weighted by atomic mass is 16.4. The van der Waals surface area contributed by atoms with E-state index in [-0.39, 0.29) is 6.54 Å².